The fraction of sp³-hybridized carbons (Fsp3) is 0.926. The van der Waals surface area contributed by atoms with Crippen LogP contribution in [0.1, 0.15) is 387 Å². The summed E-state index contributed by atoms with van der Waals surface area (Å²) in [6.07, 6.45) is 75.5. The minimum absolute atomic E-state index is 0.0674. The first kappa shape index (κ1) is 72.2. The van der Waals surface area contributed by atoms with Crippen molar-refractivity contribution in [3.05, 3.63) is 12.2 Å². The highest BCUT2D eigenvalue weighted by atomic mass is 16.6. The Morgan fingerprint density at radius 3 is 0.689 bits per heavy atom. The number of rotatable bonds is 63. The summed E-state index contributed by atoms with van der Waals surface area (Å²) in [6, 6.07) is 0. The van der Waals surface area contributed by atoms with Gasteiger partial charge in [-0.2, -0.15) is 0 Å². The average Bonchev–Trinajstić information content (AvgIpc) is 3.40. The third-order valence-corrected chi connectivity index (χ3v) is 15.5. The van der Waals surface area contributed by atoms with Crippen LogP contribution in [-0.4, -0.2) is 37.2 Å². The molecule has 1 unspecified atom stereocenters. The molecule has 0 spiro atoms. The molecule has 0 aromatic carbocycles. The third kappa shape index (κ3) is 61.0. The Balaban J connectivity index is 4.00. The molecule has 0 radical (unpaired) electrons. The molecule has 6 nitrogen and oxygen atoms in total. The Morgan fingerprint density at radius 1 is 0.257 bits per heavy atom. The van der Waals surface area contributed by atoms with Gasteiger partial charge in [0.1, 0.15) is 13.2 Å². The summed E-state index contributed by atoms with van der Waals surface area (Å²) in [6.45, 7) is 6.68. The smallest absolute Gasteiger partial charge is 0.306 e. The maximum absolute atomic E-state index is 12.8. The molecule has 438 valence electrons. The largest absolute Gasteiger partial charge is 0.462 e. The van der Waals surface area contributed by atoms with Crippen LogP contribution >= 0.6 is 0 Å². The average molecular weight is 1040 g/mol. The number of hydrogen-bond donors (Lipinski definition) is 0. The van der Waals surface area contributed by atoms with Gasteiger partial charge in [-0.05, 0) is 44.9 Å². The van der Waals surface area contributed by atoms with Crippen molar-refractivity contribution in [2.75, 3.05) is 13.2 Å². The molecule has 6 heteroatoms. The second kappa shape index (κ2) is 63.7. The molecular weight excluding hydrogens is 913 g/mol. The predicted octanol–water partition coefficient (Wildman–Crippen LogP) is 22.8. The van der Waals surface area contributed by atoms with E-state index in [1.807, 2.05) is 0 Å². The number of unbranched alkanes of at least 4 members (excludes halogenated alkanes) is 50. The third-order valence-electron chi connectivity index (χ3n) is 15.5. The molecule has 0 saturated heterocycles. The summed E-state index contributed by atoms with van der Waals surface area (Å²) in [4.78, 5) is 38.2. The van der Waals surface area contributed by atoms with E-state index in [4.69, 9.17) is 14.2 Å². The maximum Gasteiger partial charge on any atom is 0.306 e. The lowest BCUT2D eigenvalue weighted by atomic mass is 10.0. The van der Waals surface area contributed by atoms with Crippen LogP contribution < -0.4 is 0 Å². The topological polar surface area (TPSA) is 78.9 Å². The summed E-state index contributed by atoms with van der Waals surface area (Å²) in [5.41, 5.74) is 0. The van der Waals surface area contributed by atoms with E-state index in [1.54, 1.807) is 0 Å². The number of ether oxygens (including phenoxy) is 3. The van der Waals surface area contributed by atoms with Crippen LogP contribution in [0.25, 0.3) is 0 Å². The van der Waals surface area contributed by atoms with E-state index in [2.05, 4.69) is 32.9 Å². The van der Waals surface area contributed by atoms with Gasteiger partial charge in [0.05, 0.1) is 0 Å². The van der Waals surface area contributed by atoms with E-state index in [9.17, 15) is 14.4 Å². The highest BCUT2D eigenvalue weighted by Crippen LogP contribution is 2.19. The van der Waals surface area contributed by atoms with Gasteiger partial charge in [-0.15, -0.1) is 0 Å². The lowest BCUT2D eigenvalue weighted by Gasteiger charge is -2.18. The summed E-state index contributed by atoms with van der Waals surface area (Å²) < 4.78 is 16.9. The monoisotopic (exact) mass is 1040 g/mol. The molecule has 0 aromatic rings. The first-order valence-electron chi connectivity index (χ1n) is 33.7. The van der Waals surface area contributed by atoms with Crippen molar-refractivity contribution < 1.29 is 28.6 Å². The molecule has 74 heavy (non-hydrogen) atoms. The zero-order valence-electron chi connectivity index (χ0n) is 50.4. The van der Waals surface area contributed by atoms with Crippen LogP contribution in [0.4, 0.5) is 0 Å². The van der Waals surface area contributed by atoms with Gasteiger partial charge < -0.3 is 14.2 Å². The van der Waals surface area contributed by atoms with Crippen LogP contribution in [-0.2, 0) is 28.6 Å². The Hall–Kier alpha value is -1.85. The number of hydrogen-bond acceptors (Lipinski definition) is 6. The standard InChI is InChI=1S/C68H130O6/c1-4-7-10-13-16-19-22-24-25-26-27-28-29-30-31-32-33-34-35-36-37-38-39-40-41-42-44-46-49-52-55-58-61-67(70)73-64-65(63-72-66(69)60-57-54-51-48-45-21-18-15-12-9-6-3)74-68(71)62-59-56-53-50-47-43-23-20-17-14-11-8-5-2/h20,23,65H,4-19,21-22,24-64H2,1-3H3/b23-20-. The normalized spacial score (nSPS) is 12.0. The van der Waals surface area contributed by atoms with Gasteiger partial charge in [0.15, 0.2) is 6.10 Å². The molecule has 0 heterocycles. The van der Waals surface area contributed by atoms with Crippen LogP contribution in [0.5, 0.6) is 0 Å². The summed E-state index contributed by atoms with van der Waals surface area (Å²) in [5.74, 6) is -0.851. The Kier molecular flexibility index (Phi) is 62.1. The maximum atomic E-state index is 12.8. The lowest BCUT2D eigenvalue weighted by molar-refractivity contribution is -0.167. The number of carbonyl (C=O) groups is 3. The summed E-state index contributed by atoms with van der Waals surface area (Å²) in [5, 5.41) is 0. The van der Waals surface area contributed by atoms with Crippen LogP contribution in [0.3, 0.4) is 0 Å². The van der Waals surface area contributed by atoms with Gasteiger partial charge in [0.25, 0.3) is 0 Å². The van der Waals surface area contributed by atoms with E-state index in [-0.39, 0.29) is 31.1 Å². The van der Waals surface area contributed by atoms with Crippen molar-refractivity contribution in [2.24, 2.45) is 0 Å². The SMILES string of the molecule is CCCCCC/C=C\CCCCCCCC(=O)OC(COC(=O)CCCCCCCCCCCCC)COC(=O)CCCCCCCCCCCCCCCCCCCCCCCCCCCCCCCCCC. The van der Waals surface area contributed by atoms with Crippen molar-refractivity contribution in [1.82, 2.24) is 0 Å². The molecule has 0 N–H and O–H groups in total. The summed E-state index contributed by atoms with van der Waals surface area (Å²) >= 11 is 0. The van der Waals surface area contributed by atoms with Crippen molar-refractivity contribution in [3.8, 4) is 0 Å². The lowest BCUT2D eigenvalue weighted by Crippen LogP contribution is -2.30. The molecule has 0 aliphatic rings. The Bertz CT molecular complexity index is 1150. The van der Waals surface area contributed by atoms with E-state index < -0.39 is 6.10 Å². The molecule has 0 aliphatic heterocycles. The van der Waals surface area contributed by atoms with E-state index >= 15 is 0 Å². The first-order chi connectivity index (χ1) is 36.5. The van der Waals surface area contributed by atoms with Gasteiger partial charge >= 0.3 is 17.9 Å². The fourth-order valence-electron chi connectivity index (χ4n) is 10.4. The first-order valence-corrected chi connectivity index (χ1v) is 33.7. The highest BCUT2D eigenvalue weighted by molar-refractivity contribution is 5.71. The molecule has 1 atom stereocenters. The molecule has 0 bridgehead atoms. The number of esters is 3. The van der Waals surface area contributed by atoms with E-state index in [0.29, 0.717) is 19.3 Å². The number of allylic oxidation sites excluding steroid dienone is 2. The van der Waals surface area contributed by atoms with E-state index in [0.717, 1.165) is 64.2 Å². The van der Waals surface area contributed by atoms with Gasteiger partial charge in [0, 0.05) is 19.3 Å². The van der Waals surface area contributed by atoms with Crippen LogP contribution in [0.15, 0.2) is 12.2 Å². The van der Waals surface area contributed by atoms with Crippen molar-refractivity contribution in [2.45, 2.75) is 393 Å². The summed E-state index contributed by atoms with van der Waals surface area (Å²) in [7, 11) is 0. The van der Waals surface area contributed by atoms with E-state index in [1.165, 1.54) is 283 Å². The minimum Gasteiger partial charge on any atom is -0.462 e. The molecule has 0 rings (SSSR count). The second-order valence-corrected chi connectivity index (χ2v) is 23.1. The Labute approximate surface area is 462 Å². The molecule has 0 amide bonds. The second-order valence-electron chi connectivity index (χ2n) is 23.1. The minimum atomic E-state index is -0.769. The predicted molar refractivity (Wildman–Crippen MR) is 321 cm³/mol. The molecule has 0 aliphatic carbocycles. The highest BCUT2D eigenvalue weighted by Gasteiger charge is 2.19. The van der Waals surface area contributed by atoms with Crippen molar-refractivity contribution in [3.63, 3.8) is 0 Å². The molecule has 0 fully saturated rings. The zero-order chi connectivity index (χ0) is 53.6. The van der Waals surface area contributed by atoms with Crippen LogP contribution in [0.2, 0.25) is 0 Å². The quantitative estimate of drug-likeness (QED) is 0.0261. The zero-order valence-corrected chi connectivity index (χ0v) is 50.4. The number of carbonyl (C=O) groups excluding carboxylic acids is 3. The van der Waals surface area contributed by atoms with Crippen LogP contribution in [0, 0.1) is 0 Å². The molecule has 0 saturated carbocycles. The van der Waals surface area contributed by atoms with Gasteiger partial charge in [-0.3, -0.25) is 14.4 Å². The molecule has 0 aromatic heterocycles. The van der Waals surface area contributed by atoms with Gasteiger partial charge in [-0.1, -0.05) is 335 Å². The van der Waals surface area contributed by atoms with Gasteiger partial charge in [-0.25, -0.2) is 0 Å². The van der Waals surface area contributed by atoms with Crippen molar-refractivity contribution >= 4 is 17.9 Å². The molecular formula is C68H130O6. The van der Waals surface area contributed by atoms with Crippen molar-refractivity contribution in [1.29, 1.82) is 0 Å². The van der Waals surface area contributed by atoms with Gasteiger partial charge in [0.2, 0.25) is 0 Å². The Morgan fingerprint density at radius 2 is 0.446 bits per heavy atom. The fourth-order valence-corrected chi connectivity index (χ4v) is 10.4.